The van der Waals surface area contributed by atoms with Crippen LogP contribution in [-0.2, 0) is 23.1 Å². The van der Waals surface area contributed by atoms with Crippen LogP contribution in [0.3, 0.4) is 0 Å². The first kappa shape index (κ1) is 15.8. The Morgan fingerprint density at radius 3 is 2.84 bits per heavy atom. The van der Waals surface area contributed by atoms with E-state index in [9.17, 15) is 9.59 Å². The smallest absolute Gasteiger partial charge is 0.226 e. The molecule has 0 spiro atoms. The van der Waals surface area contributed by atoms with Crippen molar-refractivity contribution in [2.45, 2.75) is 43.8 Å². The number of carbonyl (C=O) groups excluding carboxylic acids is 2. The Hall–Kier alpha value is -2.70. The van der Waals surface area contributed by atoms with Gasteiger partial charge in [-0.25, -0.2) is 0 Å². The Kier molecular flexibility index (Phi) is 3.99. The molecule has 25 heavy (non-hydrogen) atoms. The molecule has 4 rings (SSSR count). The molecule has 3 heterocycles. The average molecular weight is 339 g/mol. The lowest BCUT2D eigenvalue weighted by molar-refractivity contribution is -0.129. The number of carbonyl (C=O) groups is 2. The summed E-state index contributed by atoms with van der Waals surface area (Å²) < 4.78 is 1.68. The zero-order valence-corrected chi connectivity index (χ0v) is 14.1. The number of nitrogens with one attached hydrogen (secondary N) is 1. The van der Waals surface area contributed by atoms with Crippen molar-refractivity contribution in [3.63, 3.8) is 0 Å². The van der Waals surface area contributed by atoms with Crippen molar-refractivity contribution in [3.05, 3.63) is 48.0 Å². The predicted octanol–water partition coefficient (Wildman–Crippen LogP) is 0.978. The maximum atomic E-state index is 12.5. The monoisotopic (exact) mass is 339 g/mol. The molecule has 1 saturated heterocycles. The van der Waals surface area contributed by atoms with Gasteiger partial charge in [-0.05, 0) is 30.5 Å². The number of aryl methyl sites for hydroxylation is 1. The van der Waals surface area contributed by atoms with Crippen molar-refractivity contribution in [1.82, 2.24) is 25.0 Å². The molecule has 2 amide bonds. The summed E-state index contributed by atoms with van der Waals surface area (Å²) in [5, 5.41) is 7.29. The van der Waals surface area contributed by atoms with E-state index in [1.807, 2.05) is 36.3 Å². The van der Waals surface area contributed by atoms with Gasteiger partial charge in [-0.1, -0.05) is 6.07 Å². The molecule has 2 fully saturated rings. The van der Waals surface area contributed by atoms with Crippen LogP contribution in [-0.4, -0.2) is 43.6 Å². The van der Waals surface area contributed by atoms with E-state index in [1.54, 1.807) is 17.1 Å². The summed E-state index contributed by atoms with van der Waals surface area (Å²) in [6.07, 6.45) is 7.95. The first-order valence-electron chi connectivity index (χ1n) is 8.61. The number of hydrogen-bond donors (Lipinski definition) is 1. The summed E-state index contributed by atoms with van der Waals surface area (Å²) in [6, 6.07) is 5.61. The molecule has 2 aliphatic rings. The van der Waals surface area contributed by atoms with E-state index in [1.165, 1.54) is 0 Å². The summed E-state index contributed by atoms with van der Waals surface area (Å²) >= 11 is 0. The van der Waals surface area contributed by atoms with E-state index < -0.39 is 0 Å². The molecular weight excluding hydrogens is 318 g/mol. The highest BCUT2D eigenvalue weighted by molar-refractivity contribution is 5.84. The Morgan fingerprint density at radius 1 is 1.36 bits per heavy atom. The molecule has 0 bridgehead atoms. The fourth-order valence-corrected chi connectivity index (χ4v) is 3.59. The van der Waals surface area contributed by atoms with Gasteiger partial charge in [-0.3, -0.25) is 19.3 Å². The Balaban J connectivity index is 1.52. The summed E-state index contributed by atoms with van der Waals surface area (Å²) in [4.78, 5) is 31.1. The van der Waals surface area contributed by atoms with E-state index in [4.69, 9.17) is 0 Å². The van der Waals surface area contributed by atoms with Crippen molar-refractivity contribution in [3.8, 4) is 0 Å². The van der Waals surface area contributed by atoms with E-state index in [0.29, 0.717) is 12.5 Å². The second kappa shape index (κ2) is 6.31. The van der Waals surface area contributed by atoms with Crippen molar-refractivity contribution >= 4 is 11.8 Å². The summed E-state index contributed by atoms with van der Waals surface area (Å²) in [5.41, 5.74) is 1.70. The molecule has 7 heteroatoms. The van der Waals surface area contributed by atoms with Crippen LogP contribution in [0.5, 0.6) is 0 Å². The number of amides is 2. The third-order valence-corrected chi connectivity index (χ3v) is 4.79. The SMILES string of the molecule is Cn1ccc(CC(=O)N[C@@H]2CC(=O)N(C3CC3)[C@H]2c2cccnc2)n1. The fraction of sp³-hybridized carbons (Fsp3) is 0.444. The molecule has 2 aromatic rings. The molecule has 2 atom stereocenters. The number of pyridine rings is 1. The molecule has 130 valence electrons. The van der Waals surface area contributed by atoms with Gasteiger partial charge in [-0.15, -0.1) is 0 Å². The molecule has 0 radical (unpaired) electrons. The molecule has 7 nitrogen and oxygen atoms in total. The first-order chi connectivity index (χ1) is 12.1. The van der Waals surface area contributed by atoms with Gasteiger partial charge in [0.15, 0.2) is 0 Å². The van der Waals surface area contributed by atoms with Crippen LogP contribution in [0, 0.1) is 0 Å². The minimum Gasteiger partial charge on any atom is -0.350 e. The molecule has 1 N–H and O–H groups in total. The van der Waals surface area contributed by atoms with E-state index in [0.717, 1.165) is 24.1 Å². The Labute approximate surface area is 146 Å². The maximum Gasteiger partial charge on any atom is 0.226 e. The highest BCUT2D eigenvalue weighted by Gasteiger charge is 2.47. The van der Waals surface area contributed by atoms with Crippen molar-refractivity contribution in [2.75, 3.05) is 0 Å². The zero-order valence-electron chi connectivity index (χ0n) is 14.1. The van der Waals surface area contributed by atoms with Crippen LogP contribution in [0.1, 0.15) is 36.6 Å². The molecule has 2 aromatic heterocycles. The lowest BCUT2D eigenvalue weighted by atomic mass is 10.0. The quantitative estimate of drug-likeness (QED) is 0.880. The van der Waals surface area contributed by atoms with E-state index in [-0.39, 0.29) is 30.3 Å². The van der Waals surface area contributed by atoms with Gasteiger partial charge in [-0.2, -0.15) is 5.10 Å². The van der Waals surface area contributed by atoms with Crippen LogP contribution in [0.4, 0.5) is 0 Å². The van der Waals surface area contributed by atoms with E-state index >= 15 is 0 Å². The number of likely N-dealkylation sites (tertiary alicyclic amines) is 1. The largest absolute Gasteiger partial charge is 0.350 e. The molecule has 0 aromatic carbocycles. The lowest BCUT2D eigenvalue weighted by Crippen LogP contribution is -2.41. The number of aromatic nitrogens is 3. The number of nitrogens with zero attached hydrogens (tertiary/aromatic N) is 4. The van der Waals surface area contributed by atoms with Crippen molar-refractivity contribution in [1.29, 1.82) is 0 Å². The maximum absolute atomic E-state index is 12.5. The van der Waals surface area contributed by atoms with Crippen LogP contribution in [0.15, 0.2) is 36.8 Å². The van der Waals surface area contributed by atoms with Gasteiger partial charge in [0.2, 0.25) is 11.8 Å². The third kappa shape index (κ3) is 3.26. The minimum atomic E-state index is -0.228. The number of hydrogen-bond acceptors (Lipinski definition) is 4. The topological polar surface area (TPSA) is 80.1 Å². The summed E-state index contributed by atoms with van der Waals surface area (Å²) in [6.45, 7) is 0. The summed E-state index contributed by atoms with van der Waals surface area (Å²) in [5.74, 6) is 0.00234. The van der Waals surface area contributed by atoms with Crippen LogP contribution >= 0.6 is 0 Å². The normalized spacial score (nSPS) is 23.1. The van der Waals surface area contributed by atoms with Crippen LogP contribution in [0.25, 0.3) is 0 Å². The zero-order chi connectivity index (χ0) is 17.4. The lowest BCUT2D eigenvalue weighted by Gasteiger charge is -2.28. The second-order valence-electron chi connectivity index (χ2n) is 6.80. The Bertz CT molecular complexity index is 784. The molecule has 0 unspecified atom stereocenters. The van der Waals surface area contributed by atoms with Crippen LogP contribution < -0.4 is 5.32 Å². The fourth-order valence-electron chi connectivity index (χ4n) is 3.59. The van der Waals surface area contributed by atoms with Gasteiger partial charge < -0.3 is 10.2 Å². The van der Waals surface area contributed by atoms with Gasteiger partial charge >= 0.3 is 0 Å². The van der Waals surface area contributed by atoms with Gasteiger partial charge in [0.1, 0.15) is 0 Å². The van der Waals surface area contributed by atoms with Crippen molar-refractivity contribution < 1.29 is 9.59 Å². The predicted molar refractivity (Wildman–Crippen MR) is 90.3 cm³/mol. The Morgan fingerprint density at radius 2 is 2.20 bits per heavy atom. The molecular formula is C18H21N5O2. The molecule has 1 aliphatic carbocycles. The highest BCUT2D eigenvalue weighted by atomic mass is 16.2. The van der Waals surface area contributed by atoms with Gasteiger partial charge in [0.05, 0.1) is 24.2 Å². The summed E-state index contributed by atoms with van der Waals surface area (Å²) in [7, 11) is 1.82. The number of rotatable bonds is 5. The standard InChI is InChI=1S/C18H21N5O2/c1-22-8-6-13(21-22)9-16(24)20-15-10-17(25)23(14-4-5-14)18(15)12-3-2-7-19-11-12/h2-3,6-8,11,14-15,18H,4-5,9-10H2,1H3,(H,20,24)/t15-,18+/m1/s1. The first-order valence-corrected chi connectivity index (χ1v) is 8.61. The van der Waals surface area contributed by atoms with Gasteiger partial charge in [0.25, 0.3) is 0 Å². The van der Waals surface area contributed by atoms with Gasteiger partial charge in [0, 0.05) is 38.1 Å². The molecule has 1 aliphatic heterocycles. The van der Waals surface area contributed by atoms with E-state index in [2.05, 4.69) is 15.4 Å². The average Bonchev–Trinajstić information content (AvgIpc) is 3.27. The van der Waals surface area contributed by atoms with Crippen LogP contribution in [0.2, 0.25) is 0 Å². The third-order valence-electron chi connectivity index (χ3n) is 4.79. The minimum absolute atomic E-state index is 0.108. The van der Waals surface area contributed by atoms with Crippen molar-refractivity contribution in [2.24, 2.45) is 7.05 Å². The highest BCUT2D eigenvalue weighted by Crippen LogP contribution is 2.41. The second-order valence-corrected chi connectivity index (χ2v) is 6.80. The molecule has 1 saturated carbocycles.